The fraction of sp³-hybridized carbons (Fsp3) is 0.304. The van der Waals surface area contributed by atoms with Crippen molar-refractivity contribution in [3.63, 3.8) is 0 Å². The van der Waals surface area contributed by atoms with E-state index >= 15 is 0 Å². The Morgan fingerprint density at radius 3 is 2.59 bits per heavy atom. The van der Waals surface area contributed by atoms with E-state index in [1.54, 1.807) is 17.4 Å². The zero-order chi connectivity index (χ0) is 20.8. The van der Waals surface area contributed by atoms with Gasteiger partial charge < -0.3 is 14.0 Å². The summed E-state index contributed by atoms with van der Waals surface area (Å²) in [5, 5.41) is 2.07. The Labute approximate surface area is 174 Å². The van der Waals surface area contributed by atoms with E-state index in [9.17, 15) is 9.59 Å². The molecule has 0 saturated carbocycles. The minimum Gasteiger partial charge on any atom is -0.482 e. The topological polar surface area (TPSA) is 57.5 Å². The minimum absolute atomic E-state index is 0.204. The molecule has 152 valence electrons. The number of ether oxygens (including phenoxy) is 2. The van der Waals surface area contributed by atoms with Crippen molar-refractivity contribution in [1.29, 1.82) is 0 Å². The molecule has 0 N–H and O–H groups in total. The number of ketones is 1. The molecule has 0 amide bonds. The first-order valence-electron chi connectivity index (χ1n) is 9.51. The molecule has 6 heteroatoms. The van der Waals surface area contributed by atoms with Crippen LogP contribution in [0.25, 0.3) is 0 Å². The number of carbonyl (C=O) groups excluding carboxylic acids is 2. The molecular formula is C23H25NO4S. The maximum atomic E-state index is 12.6. The normalized spacial score (nSPS) is 10.7. The number of Topliss-reactive ketones (excluding diaryl/α,β-unsaturated/α-hetero) is 1. The van der Waals surface area contributed by atoms with E-state index in [0.29, 0.717) is 11.3 Å². The highest BCUT2D eigenvalue weighted by molar-refractivity contribution is 7.09. The third kappa shape index (κ3) is 5.57. The Hall–Kier alpha value is -2.86. The average molecular weight is 412 g/mol. The van der Waals surface area contributed by atoms with E-state index in [1.165, 1.54) is 4.88 Å². The summed E-state index contributed by atoms with van der Waals surface area (Å²) in [6.07, 6.45) is 0.924. The molecule has 0 bridgehead atoms. The molecule has 0 aliphatic carbocycles. The van der Waals surface area contributed by atoms with Crippen molar-refractivity contribution < 1.29 is 19.1 Å². The summed E-state index contributed by atoms with van der Waals surface area (Å²) in [6.45, 7) is 6.16. The number of thiophene rings is 1. The van der Waals surface area contributed by atoms with Gasteiger partial charge in [-0.3, -0.25) is 4.79 Å². The van der Waals surface area contributed by atoms with Gasteiger partial charge in [-0.2, -0.15) is 0 Å². The molecule has 0 radical (unpaired) electrons. The van der Waals surface area contributed by atoms with Crippen molar-refractivity contribution in [3.8, 4) is 5.75 Å². The molecule has 0 atom stereocenters. The Morgan fingerprint density at radius 1 is 1.03 bits per heavy atom. The molecule has 2 aromatic heterocycles. The van der Waals surface area contributed by atoms with Crippen LogP contribution in [0.5, 0.6) is 5.75 Å². The van der Waals surface area contributed by atoms with Crippen molar-refractivity contribution in [2.45, 2.75) is 33.7 Å². The fourth-order valence-electron chi connectivity index (χ4n) is 3.22. The van der Waals surface area contributed by atoms with Crippen molar-refractivity contribution in [1.82, 2.24) is 4.57 Å². The van der Waals surface area contributed by atoms with E-state index in [0.717, 1.165) is 29.9 Å². The van der Waals surface area contributed by atoms with Crippen LogP contribution >= 0.6 is 11.3 Å². The molecule has 0 unspecified atom stereocenters. The van der Waals surface area contributed by atoms with Gasteiger partial charge in [-0.15, -0.1) is 11.3 Å². The summed E-state index contributed by atoms with van der Waals surface area (Å²) in [4.78, 5) is 25.8. The zero-order valence-corrected chi connectivity index (χ0v) is 17.8. The van der Waals surface area contributed by atoms with E-state index in [1.807, 2.05) is 51.1 Å². The zero-order valence-electron chi connectivity index (χ0n) is 16.9. The second-order valence-electron chi connectivity index (χ2n) is 6.95. The number of aryl methyl sites for hydroxylation is 3. The first-order valence-corrected chi connectivity index (χ1v) is 10.4. The third-order valence-corrected chi connectivity index (χ3v) is 5.68. The standard InChI is InChI=1S/C23H25NO4S/c1-16-6-4-7-19(12-16)27-15-23(26)28-14-22(25)21-13-17(2)24(18(21)3)10-9-20-8-5-11-29-20/h4-8,11-13H,9-10,14-15H2,1-3H3. The third-order valence-electron chi connectivity index (χ3n) is 4.75. The van der Waals surface area contributed by atoms with Crippen LogP contribution in [0.3, 0.4) is 0 Å². The maximum absolute atomic E-state index is 12.6. The van der Waals surface area contributed by atoms with Crippen LogP contribution in [0.15, 0.2) is 47.8 Å². The molecule has 0 saturated heterocycles. The summed E-state index contributed by atoms with van der Waals surface area (Å²) < 4.78 is 12.7. The lowest BCUT2D eigenvalue weighted by Gasteiger charge is -2.09. The Balaban J connectivity index is 1.52. The Bertz CT molecular complexity index is 988. The monoisotopic (exact) mass is 411 g/mol. The number of aromatic nitrogens is 1. The number of benzene rings is 1. The van der Waals surface area contributed by atoms with Gasteiger partial charge >= 0.3 is 5.97 Å². The molecule has 29 heavy (non-hydrogen) atoms. The Kier molecular flexibility index (Phi) is 6.88. The Morgan fingerprint density at radius 2 is 1.86 bits per heavy atom. The van der Waals surface area contributed by atoms with E-state index < -0.39 is 5.97 Å². The molecule has 2 heterocycles. The van der Waals surface area contributed by atoms with Crippen LogP contribution in [0, 0.1) is 20.8 Å². The molecule has 3 aromatic rings. The van der Waals surface area contributed by atoms with Gasteiger partial charge in [0.25, 0.3) is 0 Å². The van der Waals surface area contributed by atoms with Crippen LogP contribution in [-0.4, -0.2) is 29.5 Å². The van der Waals surface area contributed by atoms with E-state index in [4.69, 9.17) is 9.47 Å². The molecule has 3 rings (SSSR count). The van der Waals surface area contributed by atoms with Crippen LogP contribution in [-0.2, 0) is 22.5 Å². The van der Waals surface area contributed by atoms with Gasteiger partial charge in [0.1, 0.15) is 5.75 Å². The number of esters is 1. The molecule has 0 aliphatic heterocycles. The van der Waals surface area contributed by atoms with Crippen molar-refractivity contribution in [2.75, 3.05) is 13.2 Å². The second-order valence-corrected chi connectivity index (χ2v) is 7.99. The second kappa shape index (κ2) is 9.56. The predicted octanol–water partition coefficient (Wildman–Crippen LogP) is 4.52. The highest BCUT2D eigenvalue weighted by Crippen LogP contribution is 2.18. The van der Waals surface area contributed by atoms with E-state index in [2.05, 4.69) is 16.0 Å². The fourth-order valence-corrected chi connectivity index (χ4v) is 3.92. The van der Waals surface area contributed by atoms with Crippen molar-refractivity contribution in [3.05, 3.63) is 75.2 Å². The van der Waals surface area contributed by atoms with Gasteiger partial charge in [-0.25, -0.2) is 4.79 Å². The van der Waals surface area contributed by atoms with Crippen molar-refractivity contribution >= 4 is 23.1 Å². The molecule has 0 aliphatic rings. The van der Waals surface area contributed by atoms with Crippen molar-refractivity contribution in [2.24, 2.45) is 0 Å². The first kappa shape index (κ1) is 20.9. The largest absolute Gasteiger partial charge is 0.482 e. The smallest absolute Gasteiger partial charge is 0.344 e. The summed E-state index contributed by atoms with van der Waals surface area (Å²) in [5.41, 5.74) is 3.56. The quantitative estimate of drug-likeness (QED) is 0.384. The van der Waals surface area contributed by atoms with Crippen LogP contribution < -0.4 is 4.74 Å². The summed E-state index contributed by atoms with van der Waals surface area (Å²) >= 11 is 1.73. The summed E-state index contributed by atoms with van der Waals surface area (Å²) in [5.74, 6) is -0.168. The SMILES string of the molecule is Cc1cccc(OCC(=O)OCC(=O)c2cc(C)n(CCc3cccs3)c2C)c1. The van der Waals surface area contributed by atoms with Crippen LogP contribution in [0.2, 0.25) is 0 Å². The predicted molar refractivity (Wildman–Crippen MR) is 114 cm³/mol. The molecule has 0 spiro atoms. The highest BCUT2D eigenvalue weighted by Gasteiger charge is 2.17. The van der Waals surface area contributed by atoms with Crippen LogP contribution in [0.1, 0.15) is 32.2 Å². The first-order chi connectivity index (χ1) is 13.9. The minimum atomic E-state index is -0.564. The van der Waals surface area contributed by atoms with Crippen LogP contribution in [0.4, 0.5) is 0 Å². The molecular weight excluding hydrogens is 386 g/mol. The van der Waals surface area contributed by atoms with Gasteiger partial charge in [0.2, 0.25) is 5.78 Å². The lowest BCUT2D eigenvalue weighted by molar-refractivity contribution is -0.144. The maximum Gasteiger partial charge on any atom is 0.344 e. The highest BCUT2D eigenvalue weighted by atomic mass is 32.1. The summed E-state index contributed by atoms with van der Waals surface area (Å²) in [7, 11) is 0. The number of carbonyl (C=O) groups is 2. The van der Waals surface area contributed by atoms with E-state index in [-0.39, 0.29) is 19.0 Å². The van der Waals surface area contributed by atoms with Gasteiger partial charge in [-0.05, 0) is 62.4 Å². The van der Waals surface area contributed by atoms with Gasteiger partial charge in [0, 0.05) is 28.4 Å². The summed E-state index contributed by atoms with van der Waals surface area (Å²) in [6, 6.07) is 13.4. The number of nitrogens with zero attached hydrogens (tertiary/aromatic N) is 1. The molecule has 0 fully saturated rings. The average Bonchev–Trinajstić information content (AvgIpc) is 3.31. The van der Waals surface area contributed by atoms with Gasteiger partial charge in [-0.1, -0.05) is 18.2 Å². The number of rotatable bonds is 9. The van der Waals surface area contributed by atoms with Gasteiger partial charge in [0.05, 0.1) is 0 Å². The molecule has 1 aromatic carbocycles. The lowest BCUT2D eigenvalue weighted by Crippen LogP contribution is -2.20. The molecule has 5 nitrogen and oxygen atoms in total. The number of hydrogen-bond donors (Lipinski definition) is 0. The number of hydrogen-bond acceptors (Lipinski definition) is 5. The lowest BCUT2D eigenvalue weighted by atomic mass is 10.1. The van der Waals surface area contributed by atoms with Gasteiger partial charge in [0.15, 0.2) is 13.2 Å².